The van der Waals surface area contributed by atoms with E-state index in [0.717, 1.165) is 0 Å². The number of aliphatic hydroxyl groups excluding tert-OH is 6. The van der Waals surface area contributed by atoms with Gasteiger partial charge in [-0.05, 0) is 0 Å². The summed E-state index contributed by atoms with van der Waals surface area (Å²) in [5.41, 5.74) is 0. The first-order valence-corrected chi connectivity index (χ1v) is 7.02. The molecule has 15 heteroatoms. The van der Waals surface area contributed by atoms with E-state index in [1.54, 1.807) is 0 Å². The van der Waals surface area contributed by atoms with Crippen LogP contribution in [0.4, 0.5) is 0 Å². The SMILES string of the molecule is O=C([O-])C1O[C@@H](O[C@@H]2C(C(=O)[O-])O[C@@H](O)[C@@H](O)[C@H]2O)[C@@H](O)[C@@H](O)[C@@H]1O.[K+].[K+]. The molecule has 144 valence electrons. The van der Waals surface area contributed by atoms with Crippen molar-refractivity contribution >= 4 is 11.9 Å². The Kier molecular flexibility index (Phi) is 12.9. The van der Waals surface area contributed by atoms with Gasteiger partial charge in [-0.1, -0.05) is 0 Å². The molecule has 0 saturated carbocycles. The second kappa shape index (κ2) is 12.0. The Bertz CT molecular complexity index is 522. The van der Waals surface area contributed by atoms with Gasteiger partial charge in [0.25, 0.3) is 0 Å². The Morgan fingerprint density at radius 3 is 1.70 bits per heavy atom. The van der Waals surface area contributed by atoms with Gasteiger partial charge in [-0.2, -0.15) is 0 Å². The summed E-state index contributed by atoms with van der Waals surface area (Å²) in [6, 6.07) is 0. The molecule has 10 atom stereocenters. The second-order valence-corrected chi connectivity index (χ2v) is 5.56. The maximum absolute atomic E-state index is 11.1. The average molecular weight is 446 g/mol. The van der Waals surface area contributed by atoms with Gasteiger partial charge >= 0.3 is 103 Å². The molecule has 2 heterocycles. The Balaban J connectivity index is 0.00000338. The van der Waals surface area contributed by atoms with Gasteiger partial charge in [0.2, 0.25) is 0 Å². The van der Waals surface area contributed by atoms with Crippen molar-refractivity contribution in [1.82, 2.24) is 0 Å². The number of ether oxygens (including phenoxy) is 3. The van der Waals surface area contributed by atoms with Crippen molar-refractivity contribution in [2.24, 2.45) is 0 Å². The normalized spacial score (nSPS) is 44.5. The van der Waals surface area contributed by atoms with Crippen molar-refractivity contribution in [3.8, 4) is 0 Å². The number of rotatable bonds is 4. The van der Waals surface area contributed by atoms with E-state index < -0.39 is 73.4 Å². The molecular formula is C12H16K2O13. The monoisotopic (exact) mass is 446 g/mol. The molecule has 2 unspecified atom stereocenters. The van der Waals surface area contributed by atoms with Crippen molar-refractivity contribution in [3.63, 3.8) is 0 Å². The largest absolute Gasteiger partial charge is 1.00 e. The zero-order valence-electron chi connectivity index (χ0n) is 14.3. The average Bonchev–Trinajstić information content (AvgIpc) is 2.54. The van der Waals surface area contributed by atoms with Gasteiger partial charge in [0.05, 0.1) is 11.9 Å². The Morgan fingerprint density at radius 2 is 1.22 bits per heavy atom. The van der Waals surface area contributed by atoms with E-state index in [-0.39, 0.29) is 103 Å². The standard InChI is InChI=1S/C12H18O13.2K/c13-1-2(14)7(9(18)19)25-12(5(1)17)24-6-3(15)4(16)11(22)23-8(6)10(20)21;;/h1-8,11-17,22H,(H,18,19)(H,20,21);;/q;2*+1/p-2/t1-,2-,3+,4-,5-,6-,7?,8?,11+,12+;;/m0../s1. The zero-order valence-corrected chi connectivity index (χ0v) is 20.6. The van der Waals surface area contributed by atoms with Crippen LogP contribution in [0.15, 0.2) is 0 Å². The summed E-state index contributed by atoms with van der Waals surface area (Å²) in [5.74, 6) is -3.92. The molecule has 6 N–H and O–H groups in total. The molecule has 2 fully saturated rings. The Labute approximate surface area is 237 Å². The first-order chi connectivity index (χ1) is 11.6. The fourth-order valence-corrected chi connectivity index (χ4v) is 2.50. The van der Waals surface area contributed by atoms with E-state index in [0.29, 0.717) is 0 Å². The number of carbonyl (C=O) groups excluding carboxylic acids is 2. The summed E-state index contributed by atoms with van der Waals surface area (Å²) in [7, 11) is 0. The zero-order chi connectivity index (χ0) is 19.0. The van der Waals surface area contributed by atoms with Crippen molar-refractivity contribution in [1.29, 1.82) is 0 Å². The minimum absolute atomic E-state index is 0. The van der Waals surface area contributed by atoms with Crippen LogP contribution in [0.2, 0.25) is 0 Å². The van der Waals surface area contributed by atoms with Gasteiger partial charge in [0.15, 0.2) is 12.6 Å². The fourth-order valence-electron chi connectivity index (χ4n) is 2.50. The molecule has 0 aromatic carbocycles. The molecule has 2 aliphatic rings. The number of carboxylic acid groups (broad SMARTS) is 2. The Morgan fingerprint density at radius 1 is 0.704 bits per heavy atom. The van der Waals surface area contributed by atoms with Gasteiger partial charge in [-0.15, -0.1) is 0 Å². The van der Waals surface area contributed by atoms with E-state index in [2.05, 4.69) is 4.74 Å². The van der Waals surface area contributed by atoms with Gasteiger partial charge in [-0.3, -0.25) is 0 Å². The molecule has 2 aliphatic heterocycles. The molecule has 2 saturated heterocycles. The van der Waals surface area contributed by atoms with Gasteiger partial charge in [-0.25, -0.2) is 0 Å². The number of hydrogen-bond acceptors (Lipinski definition) is 13. The fraction of sp³-hybridized carbons (Fsp3) is 0.833. The molecule has 0 aliphatic carbocycles. The van der Waals surface area contributed by atoms with Crippen LogP contribution in [0.3, 0.4) is 0 Å². The molecule has 0 radical (unpaired) electrons. The quantitative estimate of drug-likeness (QED) is 0.221. The van der Waals surface area contributed by atoms with Gasteiger partial charge in [0.1, 0.15) is 48.8 Å². The van der Waals surface area contributed by atoms with Crippen LogP contribution in [-0.4, -0.2) is 104 Å². The minimum Gasteiger partial charge on any atom is -0.547 e. The molecule has 2 rings (SSSR count). The van der Waals surface area contributed by atoms with Gasteiger partial charge in [0, 0.05) is 0 Å². The molecule has 0 aromatic rings. The number of carbonyl (C=O) groups is 2. The maximum Gasteiger partial charge on any atom is 1.00 e. The van der Waals surface area contributed by atoms with Crippen LogP contribution >= 0.6 is 0 Å². The third-order valence-electron chi connectivity index (χ3n) is 3.89. The second-order valence-electron chi connectivity index (χ2n) is 5.56. The van der Waals surface area contributed by atoms with Crippen molar-refractivity contribution in [2.45, 2.75) is 61.4 Å². The van der Waals surface area contributed by atoms with Crippen LogP contribution in [0.5, 0.6) is 0 Å². The summed E-state index contributed by atoms with van der Waals surface area (Å²) in [5, 5.41) is 79.6. The van der Waals surface area contributed by atoms with Crippen LogP contribution in [-0.2, 0) is 23.8 Å². The smallest absolute Gasteiger partial charge is 0.547 e. The van der Waals surface area contributed by atoms with E-state index in [1.165, 1.54) is 0 Å². The van der Waals surface area contributed by atoms with E-state index in [4.69, 9.17) is 9.47 Å². The number of hydrogen-bond donors (Lipinski definition) is 6. The predicted molar refractivity (Wildman–Crippen MR) is 64.5 cm³/mol. The summed E-state index contributed by atoms with van der Waals surface area (Å²) in [6.45, 7) is 0. The summed E-state index contributed by atoms with van der Waals surface area (Å²) in [6.07, 6.45) is -20.6. The molecule has 0 aromatic heterocycles. The van der Waals surface area contributed by atoms with Crippen LogP contribution < -0.4 is 113 Å². The molecule has 0 amide bonds. The first-order valence-electron chi connectivity index (χ1n) is 7.02. The van der Waals surface area contributed by atoms with Crippen molar-refractivity contribution in [3.05, 3.63) is 0 Å². The number of carboxylic acids is 2. The molecule has 27 heavy (non-hydrogen) atoms. The summed E-state index contributed by atoms with van der Waals surface area (Å²) < 4.78 is 14.2. The van der Waals surface area contributed by atoms with E-state index >= 15 is 0 Å². The van der Waals surface area contributed by atoms with Crippen LogP contribution in [0, 0.1) is 0 Å². The minimum atomic E-state index is -2.14. The van der Waals surface area contributed by atoms with Crippen LogP contribution in [0.1, 0.15) is 0 Å². The predicted octanol–water partition coefficient (Wildman–Crippen LogP) is -13.9. The van der Waals surface area contributed by atoms with E-state index in [9.17, 15) is 50.4 Å². The van der Waals surface area contributed by atoms with Crippen LogP contribution in [0.25, 0.3) is 0 Å². The molecule has 13 nitrogen and oxygen atoms in total. The molecule has 0 spiro atoms. The third kappa shape index (κ3) is 6.42. The first kappa shape index (κ1) is 28.9. The summed E-state index contributed by atoms with van der Waals surface area (Å²) in [4.78, 5) is 21.9. The Hall–Kier alpha value is 1.85. The van der Waals surface area contributed by atoms with Crippen molar-refractivity contribution in [2.75, 3.05) is 0 Å². The number of aliphatic hydroxyl groups is 6. The molecular weight excluding hydrogens is 430 g/mol. The van der Waals surface area contributed by atoms with E-state index in [1.807, 2.05) is 0 Å². The maximum atomic E-state index is 11.1. The third-order valence-corrected chi connectivity index (χ3v) is 3.89. The molecule has 0 bridgehead atoms. The van der Waals surface area contributed by atoms with Gasteiger partial charge < -0.3 is 64.7 Å². The van der Waals surface area contributed by atoms with Crippen molar-refractivity contribution < 1.29 is 167 Å². The summed E-state index contributed by atoms with van der Waals surface area (Å²) >= 11 is 0. The number of aliphatic carboxylic acids is 2. The topological polar surface area (TPSA) is 229 Å².